The van der Waals surface area contributed by atoms with Crippen LogP contribution in [0.2, 0.25) is 0 Å². The summed E-state index contributed by atoms with van der Waals surface area (Å²) in [7, 11) is 0. The summed E-state index contributed by atoms with van der Waals surface area (Å²) in [5.74, 6) is 1.64. The smallest absolute Gasteiger partial charge is 0.223 e. The van der Waals surface area contributed by atoms with E-state index >= 15 is 0 Å². The zero-order chi connectivity index (χ0) is 18.9. The largest absolute Gasteiger partial charge is 0.378 e. The maximum absolute atomic E-state index is 13.0. The molecule has 1 aromatic carbocycles. The first kappa shape index (κ1) is 17.6. The highest BCUT2D eigenvalue weighted by molar-refractivity contribution is 5.78. The van der Waals surface area contributed by atoms with E-state index in [1.54, 1.807) is 6.33 Å². The summed E-state index contributed by atoms with van der Waals surface area (Å²) in [6, 6.07) is 8.56. The Balaban J connectivity index is 1.29. The highest BCUT2D eigenvalue weighted by Gasteiger charge is 2.30. The molecule has 1 aromatic heterocycles. The minimum Gasteiger partial charge on any atom is -0.378 e. The second-order valence-corrected chi connectivity index (χ2v) is 7.93. The zero-order valence-corrected chi connectivity index (χ0v) is 16.1. The van der Waals surface area contributed by atoms with Crippen molar-refractivity contribution in [1.29, 1.82) is 0 Å². The van der Waals surface area contributed by atoms with Gasteiger partial charge in [0.25, 0.3) is 0 Å². The number of carbonyl (C=O) groups excluding carboxylic acids is 1. The lowest BCUT2D eigenvalue weighted by atomic mass is 9.96. The van der Waals surface area contributed by atoms with Gasteiger partial charge in [-0.25, -0.2) is 9.97 Å². The number of hydrogen-bond donors (Lipinski definition) is 0. The van der Waals surface area contributed by atoms with Crippen LogP contribution in [-0.2, 0) is 28.9 Å². The van der Waals surface area contributed by atoms with Gasteiger partial charge >= 0.3 is 0 Å². The van der Waals surface area contributed by atoms with E-state index in [1.807, 2.05) is 4.90 Å². The Morgan fingerprint density at radius 1 is 1.11 bits per heavy atom. The van der Waals surface area contributed by atoms with Gasteiger partial charge < -0.3 is 14.5 Å². The normalized spacial score (nSPS) is 21.4. The van der Waals surface area contributed by atoms with Crippen LogP contribution in [0, 0.1) is 0 Å². The molecule has 0 N–H and O–H groups in total. The van der Waals surface area contributed by atoms with Gasteiger partial charge in [0.1, 0.15) is 12.1 Å². The standard InChI is InChI=1S/C22H26N4O2/c27-21(13-17-6-5-16-3-1-2-4-18(16)17)26-8-7-19-20(14-26)23-15-24-22(19)25-9-11-28-12-10-25/h1-4,15,17H,5-14H2/t17-/m1/s1. The first-order valence-corrected chi connectivity index (χ1v) is 10.3. The SMILES string of the molecule is O=C(C[C@H]1CCc2ccccc21)N1CCc2c(ncnc2N2CCOCC2)C1. The van der Waals surface area contributed by atoms with Crippen molar-refractivity contribution >= 4 is 11.7 Å². The third-order valence-corrected chi connectivity index (χ3v) is 6.33. The van der Waals surface area contributed by atoms with Gasteiger partial charge in [0.05, 0.1) is 25.5 Å². The van der Waals surface area contributed by atoms with E-state index in [4.69, 9.17) is 4.74 Å². The predicted molar refractivity (Wildman–Crippen MR) is 106 cm³/mol. The highest BCUT2D eigenvalue weighted by Crippen LogP contribution is 2.36. The number of nitrogens with zero attached hydrogens (tertiary/aromatic N) is 4. The van der Waals surface area contributed by atoms with E-state index in [0.29, 0.717) is 18.9 Å². The van der Waals surface area contributed by atoms with Crippen LogP contribution in [-0.4, -0.2) is 53.6 Å². The topological polar surface area (TPSA) is 58.6 Å². The number of ether oxygens (including phenoxy) is 1. The van der Waals surface area contributed by atoms with Crippen molar-refractivity contribution in [1.82, 2.24) is 14.9 Å². The number of anilines is 1. The number of aromatic nitrogens is 2. The molecule has 0 bridgehead atoms. The lowest BCUT2D eigenvalue weighted by Crippen LogP contribution is -2.40. The second kappa shape index (κ2) is 7.51. The highest BCUT2D eigenvalue weighted by atomic mass is 16.5. The molecule has 0 saturated carbocycles. The molecule has 3 aliphatic rings. The number of fused-ring (bicyclic) bond motifs is 2. The average Bonchev–Trinajstić information content (AvgIpc) is 3.16. The fourth-order valence-corrected chi connectivity index (χ4v) is 4.79. The van der Waals surface area contributed by atoms with Crippen LogP contribution in [0.5, 0.6) is 0 Å². The third-order valence-electron chi connectivity index (χ3n) is 6.33. The van der Waals surface area contributed by atoms with E-state index in [1.165, 1.54) is 16.7 Å². The molecule has 1 atom stereocenters. The lowest BCUT2D eigenvalue weighted by molar-refractivity contribution is -0.132. The summed E-state index contributed by atoms with van der Waals surface area (Å²) in [6.07, 6.45) is 5.25. The van der Waals surface area contributed by atoms with Gasteiger partial charge in [-0.2, -0.15) is 0 Å². The maximum atomic E-state index is 13.0. The molecule has 1 saturated heterocycles. The van der Waals surface area contributed by atoms with Crippen LogP contribution in [0.25, 0.3) is 0 Å². The van der Waals surface area contributed by atoms with E-state index < -0.39 is 0 Å². The number of morpholine rings is 1. The number of benzene rings is 1. The van der Waals surface area contributed by atoms with Crippen LogP contribution < -0.4 is 4.90 Å². The number of rotatable bonds is 3. The van der Waals surface area contributed by atoms with Crippen LogP contribution in [0.3, 0.4) is 0 Å². The van der Waals surface area contributed by atoms with E-state index in [9.17, 15) is 4.79 Å². The number of aryl methyl sites for hydroxylation is 1. The van der Waals surface area contributed by atoms with Crippen molar-refractivity contribution in [3.8, 4) is 0 Å². The van der Waals surface area contributed by atoms with Gasteiger partial charge in [-0.1, -0.05) is 24.3 Å². The van der Waals surface area contributed by atoms with Crippen LogP contribution in [0.1, 0.15) is 41.1 Å². The average molecular weight is 378 g/mol. The predicted octanol–water partition coefficient (Wildman–Crippen LogP) is 2.32. The Hall–Kier alpha value is -2.47. The summed E-state index contributed by atoms with van der Waals surface area (Å²) >= 11 is 0. The Bertz CT molecular complexity index is 879. The van der Waals surface area contributed by atoms with Gasteiger partial charge in [-0.15, -0.1) is 0 Å². The minimum atomic E-state index is 0.249. The van der Waals surface area contributed by atoms with Crippen molar-refractivity contribution in [2.45, 2.75) is 38.1 Å². The maximum Gasteiger partial charge on any atom is 0.223 e. The van der Waals surface area contributed by atoms with Crippen molar-refractivity contribution < 1.29 is 9.53 Å². The van der Waals surface area contributed by atoms with Gasteiger partial charge in [0, 0.05) is 31.6 Å². The van der Waals surface area contributed by atoms with Crippen molar-refractivity contribution in [3.63, 3.8) is 0 Å². The fraction of sp³-hybridized carbons (Fsp3) is 0.500. The molecule has 5 rings (SSSR count). The van der Waals surface area contributed by atoms with E-state index in [2.05, 4.69) is 39.1 Å². The Morgan fingerprint density at radius 3 is 2.86 bits per heavy atom. The molecule has 1 aliphatic carbocycles. The van der Waals surface area contributed by atoms with Gasteiger partial charge in [0.15, 0.2) is 0 Å². The monoisotopic (exact) mass is 378 g/mol. The van der Waals surface area contributed by atoms with Crippen LogP contribution in [0.4, 0.5) is 5.82 Å². The first-order valence-electron chi connectivity index (χ1n) is 10.3. The molecular formula is C22H26N4O2. The zero-order valence-electron chi connectivity index (χ0n) is 16.1. The summed E-state index contributed by atoms with van der Waals surface area (Å²) in [4.78, 5) is 26.4. The molecule has 0 spiro atoms. The summed E-state index contributed by atoms with van der Waals surface area (Å²) in [5, 5.41) is 0. The molecule has 6 heteroatoms. The fourth-order valence-electron chi connectivity index (χ4n) is 4.79. The Labute approximate surface area is 165 Å². The molecule has 3 heterocycles. The van der Waals surface area contributed by atoms with E-state index in [-0.39, 0.29) is 5.91 Å². The molecule has 1 fully saturated rings. The lowest BCUT2D eigenvalue weighted by Gasteiger charge is -2.34. The summed E-state index contributed by atoms with van der Waals surface area (Å²) in [5.41, 5.74) is 4.99. The number of hydrogen-bond acceptors (Lipinski definition) is 5. The molecular weight excluding hydrogens is 352 g/mol. The Kier molecular flexibility index (Phi) is 4.72. The minimum absolute atomic E-state index is 0.249. The second-order valence-electron chi connectivity index (χ2n) is 7.93. The molecule has 0 radical (unpaired) electrons. The first-order chi connectivity index (χ1) is 13.8. The molecule has 6 nitrogen and oxygen atoms in total. The summed E-state index contributed by atoms with van der Waals surface area (Å²) < 4.78 is 5.46. The van der Waals surface area contributed by atoms with Gasteiger partial charge in [0.2, 0.25) is 5.91 Å². The van der Waals surface area contributed by atoms with Crippen LogP contribution in [0.15, 0.2) is 30.6 Å². The quantitative estimate of drug-likeness (QED) is 0.820. The molecule has 2 aliphatic heterocycles. The Morgan fingerprint density at radius 2 is 1.96 bits per heavy atom. The van der Waals surface area contributed by atoms with Crippen molar-refractivity contribution in [3.05, 3.63) is 53.0 Å². The molecule has 1 amide bonds. The third kappa shape index (κ3) is 3.26. The molecule has 2 aromatic rings. The van der Waals surface area contributed by atoms with Crippen LogP contribution >= 0.6 is 0 Å². The van der Waals surface area contributed by atoms with Crippen molar-refractivity contribution in [2.75, 3.05) is 37.7 Å². The van der Waals surface area contributed by atoms with Gasteiger partial charge in [-0.3, -0.25) is 4.79 Å². The molecule has 0 unspecified atom stereocenters. The molecule has 28 heavy (non-hydrogen) atoms. The molecule has 146 valence electrons. The van der Waals surface area contributed by atoms with E-state index in [0.717, 1.165) is 63.6 Å². The summed E-state index contributed by atoms with van der Waals surface area (Å²) in [6.45, 7) is 4.58. The van der Waals surface area contributed by atoms with Gasteiger partial charge in [-0.05, 0) is 36.3 Å². The number of carbonyl (C=O) groups is 1. The number of amides is 1. The van der Waals surface area contributed by atoms with Crippen molar-refractivity contribution in [2.24, 2.45) is 0 Å².